The predicted molar refractivity (Wildman–Crippen MR) is 140 cm³/mol. The number of hydrogen-bond donors (Lipinski definition) is 1. The van der Waals surface area contributed by atoms with Crippen molar-refractivity contribution in [2.75, 3.05) is 4.90 Å². The minimum atomic E-state index is -3.76. The molecule has 2 aliphatic rings. The van der Waals surface area contributed by atoms with E-state index in [4.69, 9.17) is 4.52 Å². The Morgan fingerprint density at radius 3 is 2.57 bits per heavy atom. The molecule has 0 spiro atoms. The van der Waals surface area contributed by atoms with E-state index < -0.39 is 16.1 Å². The van der Waals surface area contributed by atoms with Gasteiger partial charge in [-0.25, -0.2) is 8.42 Å². The van der Waals surface area contributed by atoms with Crippen LogP contribution in [0, 0.1) is 6.92 Å². The Hall–Kier alpha value is -3.47. The van der Waals surface area contributed by atoms with E-state index >= 15 is 0 Å². The third-order valence-corrected chi connectivity index (χ3v) is 9.10. The van der Waals surface area contributed by atoms with Crippen LogP contribution in [0.4, 0.5) is 5.69 Å². The van der Waals surface area contributed by atoms with Gasteiger partial charge < -0.3 is 9.42 Å². The highest BCUT2D eigenvalue weighted by atomic mass is 32.2. The number of hydrogen-bond acceptors (Lipinski definition) is 7. The van der Waals surface area contributed by atoms with Crippen LogP contribution in [0.1, 0.15) is 47.6 Å². The van der Waals surface area contributed by atoms with Crippen LogP contribution in [0.2, 0.25) is 0 Å². The van der Waals surface area contributed by atoms with Crippen molar-refractivity contribution in [3.8, 4) is 11.4 Å². The third kappa shape index (κ3) is 4.56. The smallest absolute Gasteiger partial charge is 0.259 e. The molecule has 188 valence electrons. The van der Waals surface area contributed by atoms with Gasteiger partial charge >= 0.3 is 0 Å². The van der Waals surface area contributed by atoms with Crippen LogP contribution >= 0.6 is 11.8 Å². The van der Waals surface area contributed by atoms with Gasteiger partial charge in [0, 0.05) is 21.4 Å². The zero-order valence-corrected chi connectivity index (χ0v) is 21.8. The lowest BCUT2D eigenvalue weighted by Crippen LogP contribution is -2.32. The number of fused-ring (bicyclic) bond motifs is 2. The van der Waals surface area contributed by atoms with Crippen LogP contribution in [0.3, 0.4) is 0 Å². The molecule has 1 unspecified atom stereocenters. The summed E-state index contributed by atoms with van der Waals surface area (Å²) in [6, 6.07) is 19.5. The van der Waals surface area contributed by atoms with Gasteiger partial charge in [-0.2, -0.15) is 9.71 Å². The fourth-order valence-corrected chi connectivity index (χ4v) is 6.62. The number of anilines is 1. The molecule has 3 aromatic carbocycles. The van der Waals surface area contributed by atoms with Crippen LogP contribution in [-0.4, -0.2) is 30.5 Å². The van der Waals surface area contributed by atoms with Gasteiger partial charge in [0.2, 0.25) is 21.7 Å². The topological polar surface area (TPSA) is 105 Å². The summed E-state index contributed by atoms with van der Waals surface area (Å²) in [5, 5.41) is 4.11. The zero-order valence-electron chi connectivity index (χ0n) is 20.2. The lowest BCUT2D eigenvalue weighted by molar-refractivity contribution is 0.0982. The predicted octanol–water partition coefficient (Wildman–Crippen LogP) is 5.36. The molecule has 1 N–H and O–H groups in total. The summed E-state index contributed by atoms with van der Waals surface area (Å²) in [7, 11) is -3.76. The molecule has 6 rings (SSSR count). The van der Waals surface area contributed by atoms with Gasteiger partial charge in [-0.15, -0.1) is 0 Å². The first kappa shape index (κ1) is 23.9. The normalized spacial score (nSPS) is 16.2. The third-order valence-electron chi connectivity index (χ3n) is 6.42. The number of aryl methyl sites for hydroxylation is 1. The zero-order chi connectivity index (χ0) is 25.7. The monoisotopic (exact) mass is 532 g/mol. The van der Waals surface area contributed by atoms with E-state index in [2.05, 4.69) is 14.9 Å². The van der Waals surface area contributed by atoms with Crippen molar-refractivity contribution in [3.63, 3.8) is 0 Å². The number of benzene rings is 3. The molecule has 1 saturated carbocycles. The van der Waals surface area contributed by atoms with E-state index in [1.165, 1.54) is 0 Å². The average Bonchev–Trinajstić information content (AvgIpc) is 3.60. The van der Waals surface area contributed by atoms with Gasteiger partial charge in [0.1, 0.15) is 0 Å². The molecule has 2 heterocycles. The largest absolute Gasteiger partial charge is 0.337 e. The molecule has 1 atom stereocenters. The second kappa shape index (κ2) is 9.13. The van der Waals surface area contributed by atoms with Crippen LogP contribution in [0.15, 0.2) is 85.9 Å². The molecule has 1 aliphatic carbocycles. The van der Waals surface area contributed by atoms with Gasteiger partial charge in [0.25, 0.3) is 5.91 Å². The van der Waals surface area contributed by atoms with Crippen molar-refractivity contribution in [2.24, 2.45) is 0 Å². The maximum absolute atomic E-state index is 13.4. The molecule has 10 heteroatoms. The van der Waals surface area contributed by atoms with Crippen molar-refractivity contribution in [3.05, 3.63) is 83.7 Å². The Morgan fingerprint density at radius 1 is 1.05 bits per heavy atom. The fourth-order valence-electron chi connectivity index (χ4n) is 4.32. The van der Waals surface area contributed by atoms with Crippen molar-refractivity contribution in [1.82, 2.24) is 14.9 Å². The first-order valence-corrected chi connectivity index (χ1v) is 14.3. The second-order valence-electron chi connectivity index (χ2n) is 9.30. The molecule has 0 saturated heterocycles. The lowest BCUT2D eigenvalue weighted by atomic mass is 10.1. The summed E-state index contributed by atoms with van der Waals surface area (Å²) >= 11 is 1.54. The van der Waals surface area contributed by atoms with Gasteiger partial charge in [0.15, 0.2) is 0 Å². The summed E-state index contributed by atoms with van der Waals surface area (Å²) in [5.74, 6) is 0.531. The quantitative estimate of drug-likeness (QED) is 0.356. The second-order valence-corrected chi connectivity index (χ2v) is 12.1. The Balaban J connectivity index is 1.29. The van der Waals surface area contributed by atoms with Crippen molar-refractivity contribution in [1.29, 1.82) is 0 Å². The molecular weight excluding hydrogens is 508 g/mol. The lowest BCUT2D eigenvalue weighted by Gasteiger charge is -2.22. The van der Waals surface area contributed by atoms with E-state index in [0.717, 1.165) is 39.4 Å². The fraction of sp³-hybridized carbons (Fsp3) is 0.222. The summed E-state index contributed by atoms with van der Waals surface area (Å²) in [6.45, 7) is 3.56. The number of rotatable bonds is 6. The Kier molecular flexibility index (Phi) is 5.89. The van der Waals surface area contributed by atoms with E-state index in [0.29, 0.717) is 11.4 Å². The number of carbonyl (C=O) groups is 1. The highest BCUT2D eigenvalue weighted by Crippen LogP contribution is 2.46. The average molecular weight is 533 g/mol. The number of amides is 1. The SMILES string of the molecule is Cc1ccc(S(=O)(=O)NC(C)c2nc(-c3ccc4c(c3)Sc3ccccc3C(=O)N4C3CC3)no2)cc1. The summed E-state index contributed by atoms with van der Waals surface area (Å²) in [4.78, 5) is 21.8. The van der Waals surface area contributed by atoms with Crippen LogP contribution < -0.4 is 9.62 Å². The van der Waals surface area contributed by atoms with Crippen molar-refractivity contribution in [2.45, 2.75) is 53.5 Å². The minimum absolute atomic E-state index is 0.0219. The van der Waals surface area contributed by atoms with Crippen molar-refractivity contribution < 1.29 is 17.7 Å². The van der Waals surface area contributed by atoms with E-state index in [9.17, 15) is 13.2 Å². The Bertz CT molecular complexity index is 1610. The number of carbonyl (C=O) groups excluding carboxylic acids is 1. The molecule has 8 nitrogen and oxygen atoms in total. The van der Waals surface area contributed by atoms with Crippen LogP contribution in [-0.2, 0) is 10.0 Å². The molecule has 4 aromatic rings. The molecule has 1 amide bonds. The molecular formula is C27H24N4O4S2. The van der Waals surface area contributed by atoms with Crippen LogP contribution in [0.25, 0.3) is 11.4 Å². The van der Waals surface area contributed by atoms with E-state index in [1.54, 1.807) is 43.0 Å². The first-order valence-electron chi connectivity index (χ1n) is 12.0. The maximum atomic E-state index is 13.4. The maximum Gasteiger partial charge on any atom is 0.259 e. The van der Waals surface area contributed by atoms with Gasteiger partial charge in [0.05, 0.1) is 22.2 Å². The molecule has 1 aromatic heterocycles. The number of aromatic nitrogens is 2. The van der Waals surface area contributed by atoms with Gasteiger partial charge in [-0.1, -0.05) is 46.7 Å². The Labute approximate surface area is 219 Å². The highest BCUT2D eigenvalue weighted by Gasteiger charge is 2.38. The van der Waals surface area contributed by atoms with Crippen LogP contribution in [0.5, 0.6) is 0 Å². The Morgan fingerprint density at radius 2 is 1.81 bits per heavy atom. The molecule has 37 heavy (non-hydrogen) atoms. The summed E-state index contributed by atoms with van der Waals surface area (Å²) in [6.07, 6.45) is 1.98. The van der Waals surface area contributed by atoms with E-state index in [1.807, 2.05) is 54.3 Å². The summed E-state index contributed by atoms with van der Waals surface area (Å²) in [5.41, 5.74) is 3.27. The minimum Gasteiger partial charge on any atom is -0.337 e. The highest BCUT2D eigenvalue weighted by molar-refractivity contribution is 7.99. The first-order chi connectivity index (χ1) is 17.8. The number of nitrogens with one attached hydrogen (secondary N) is 1. The molecule has 1 fully saturated rings. The molecule has 0 radical (unpaired) electrons. The number of nitrogens with zero attached hydrogens (tertiary/aromatic N) is 3. The molecule has 1 aliphatic heterocycles. The molecule has 0 bridgehead atoms. The standard InChI is InChI=1S/C27H24N4O4S2/c1-16-7-12-20(13-8-16)37(33,34)30-17(2)26-28-25(29-35-26)18-9-14-22-24(15-18)36-23-6-4-3-5-21(23)27(32)31(22)19-10-11-19/h3-9,12-15,17,19,30H,10-11H2,1-2H3. The van der Waals surface area contributed by atoms with Crippen molar-refractivity contribution >= 4 is 33.4 Å². The summed E-state index contributed by atoms with van der Waals surface area (Å²) < 4.78 is 33.6. The van der Waals surface area contributed by atoms with Gasteiger partial charge in [-0.05, 0) is 69.2 Å². The van der Waals surface area contributed by atoms with Gasteiger partial charge in [-0.3, -0.25) is 4.79 Å². The number of sulfonamides is 1. The van der Waals surface area contributed by atoms with E-state index in [-0.39, 0.29) is 22.7 Å².